The molecule has 0 aliphatic rings. The van der Waals surface area contributed by atoms with Gasteiger partial charge in [-0.25, -0.2) is 10.1 Å². The number of hydrazine groups is 1. The summed E-state index contributed by atoms with van der Waals surface area (Å²) in [4.78, 5) is 44.5. The fourth-order valence-corrected chi connectivity index (χ4v) is 1.75. The molecule has 0 aliphatic carbocycles. The Morgan fingerprint density at radius 3 is 2.00 bits per heavy atom. The molecule has 0 unspecified atom stereocenters. The van der Waals surface area contributed by atoms with Crippen LogP contribution in [0.1, 0.15) is 0 Å². The zero-order valence-electron chi connectivity index (χ0n) is 10.9. The van der Waals surface area contributed by atoms with Crippen LogP contribution in [0.25, 0.3) is 0 Å². The molecular weight excluding hydrogens is 346 g/mol. The Morgan fingerprint density at radius 1 is 1.00 bits per heavy atom. The van der Waals surface area contributed by atoms with Crippen LogP contribution in [-0.4, -0.2) is 33.1 Å². The van der Waals surface area contributed by atoms with Crippen molar-refractivity contribution in [1.82, 2.24) is 0 Å². The van der Waals surface area contributed by atoms with Crippen LogP contribution in [0.3, 0.4) is 0 Å². The molecule has 1 aromatic carbocycles. The van der Waals surface area contributed by atoms with Gasteiger partial charge in [0.1, 0.15) is 18.2 Å². The molecule has 0 saturated heterocycles. The van der Waals surface area contributed by atoms with Gasteiger partial charge in [0.2, 0.25) is 0 Å². The first-order valence-electron chi connectivity index (χ1n) is 5.46. The summed E-state index contributed by atoms with van der Waals surface area (Å²) in [5.41, 5.74) is -2.45. The van der Waals surface area contributed by atoms with Crippen molar-refractivity contribution in [2.24, 2.45) is 0 Å². The first-order chi connectivity index (χ1) is 10.6. The van der Waals surface area contributed by atoms with Crippen LogP contribution in [0.5, 0.6) is 0 Å². The molecule has 0 amide bonds. The first-order valence-corrected chi connectivity index (χ1v) is 5.84. The van der Waals surface area contributed by atoms with Crippen molar-refractivity contribution < 1.29 is 24.8 Å². The summed E-state index contributed by atoms with van der Waals surface area (Å²) in [6, 6.07) is 1.12. The molecule has 23 heavy (non-hydrogen) atoms. The summed E-state index contributed by atoms with van der Waals surface area (Å²) in [6.07, 6.45) is 0. The third kappa shape index (κ3) is 4.34. The molecule has 0 saturated carbocycles. The van der Waals surface area contributed by atoms with Gasteiger partial charge >= 0.3 is 5.69 Å². The van der Waals surface area contributed by atoms with Crippen molar-refractivity contribution in [1.29, 1.82) is 0 Å². The van der Waals surface area contributed by atoms with Crippen molar-refractivity contribution in [2.75, 3.05) is 18.2 Å². The van der Waals surface area contributed by atoms with Crippen molar-refractivity contribution in [2.45, 2.75) is 0 Å². The lowest BCUT2D eigenvalue weighted by Gasteiger charge is -2.14. The third-order valence-electron chi connectivity index (χ3n) is 2.41. The molecule has 0 bridgehead atoms. The second kappa shape index (κ2) is 7.12. The topological polar surface area (TPSA) is 185 Å². The van der Waals surface area contributed by atoms with Crippen LogP contribution in [0.4, 0.5) is 17.1 Å². The van der Waals surface area contributed by atoms with Gasteiger partial charge in [-0.15, -0.1) is 10.1 Å². The number of benzene rings is 1. The molecule has 0 N–H and O–H groups in total. The van der Waals surface area contributed by atoms with Crippen molar-refractivity contribution in [3.8, 4) is 0 Å². The molecule has 15 heteroatoms. The molecule has 0 radical (unpaired) electrons. The van der Waals surface area contributed by atoms with E-state index in [1.807, 2.05) is 0 Å². The van der Waals surface area contributed by atoms with Gasteiger partial charge in [-0.05, 0) is 0 Å². The minimum absolute atomic E-state index is 0.164. The second-order valence-electron chi connectivity index (χ2n) is 3.72. The van der Waals surface area contributed by atoms with Crippen LogP contribution < -0.4 is 5.01 Å². The largest absolute Gasteiger partial charge is 0.312 e. The van der Waals surface area contributed by atoms with E-state index in [9.17, 15) is 40.5 Å². The summed E-state index contributed by atoms with van der Waals surface area (Å²) in [5, 5.41) is 40.0. The minimum atomic E-state index is -1.20. The van der Waals surface area contributed by atoms with E-state index < -0.39 is 55.2 Å². The number of halogens is 1. The Morgan fingerprint density at radius 2 is 1.57 bits per heavy atom. The van der Waals surface area contributed by atoms with Crippen LogP contribution >= 0.6 is 11.6 Å². The quantitative estimate of drug-likeness (QED) is 0.488. The van der Waals surface area contributed by atoms with Crippen LogP contribution in [0.2, 0.25) is 5.02 Å². The lowest BCUT2D eigenvalue weighted by Crippen LogP contribution is -2.34. The predicted octanol–water partition coefficient (Wildman–Crippen LogP) is 1.36. The normalized spacial score (nSPS) is 9.96. The zero-order valence-corrected chi connectivity index (χ0v) is 11.6. The number of rotatable bonds is 8. The standard InChI is InChI=1S/C8H6ClN5O9/c9-5-3-7(8(12(17)18)4-6(5)11(15)16)10(13(19)20)1-2-23-14(21)22/h3-4H,1-2H2. The van der Waals surface area contributed by atoms with Gasteiger partial charge in [0.25, 0.3) is 10.8 Å². The fraction of sp³-hybridized carbons (Fsp3) is 0.250. The Hall–Kier alpha value is -3.29. The number of nitrogens with zero attached hydrogens (tertiary/aromatic N) is 5. The molecule has 1 aromatic rings. The maximum absolute atomic E-state index is 11.0. The highest BCUT2D eigenvalue weighted by atomic mass is 35.5. The monoisotopic (exact) mass is 351 g/mol. The SMILES string of the molecule is O=[N+]([O-])OCCN(c1cc(Cl)c([N+](=O)[O-])cc1[N+](=O)[O-])[N+](=O)[O-]. The van der Waals surface area contributed by atoms with E-state index in [4.69, 9.17) is 11.6 Å². The van der Waals surface area contributed by atoms with E-state index in [0.29, 0.717) is 12.1 Å². The van der Waals surface area contributed by atoms with Crippen molar-refractivity contribution in [3.63, 3.8) is 0 Å². The van der Waals surface area contributed by atoms with E-state index in [1.165, 1.54) is 0 Å². The van der Waals surface area contributed by atoms with E-state index in [2.05, 4.69) is 4.84 Å². The average Bonchev–Trinajstić information content (AvgIpc) is 2.41. The Labute approximate surface area is 130 Å². The molecule has 0 aromatic heterocycles. The molecule has 0 atom stereocenters. The van der Waals surface area contributed by atoms with Crippen molar-refractivity contribution >= 4 is 28.7 Å². The van der Waals surface area contributed by atoms with E-state index in [-0.39, 0.29) is 5.01 Å². The number of nitro benzene ring substituents is 2. The molecule has 1 rings (SSSR count). The highest BCUT2D eigenvalue weighted by molar-refractivity contribution is 6.33. The van der Waals surface area contributed by atoms with Gasteiger partial charge in [-0.2, -0.15) is 0 Å². The molecule has 0 fully saturated rings. The predicted molar refractivity (Wildman–Crippen MR) is 72.0 cm³/mol. The lowest BCUT2D eigenvalue weighted by molar-refractivity contribution is -0.757. The summed E-state index contributed by atoms with van der Waals surface area (Å²) < 4.78 is 0. The first kappa shape index (κ1) is 17.8. The zero-order chi connectivity index (χ0) is 17.7. The number of nitro groups is 3. The van der Waals surface area contributed by atoms with Crippen LogP contribution in [-0.2, 0) is 4.84 Å². The number of hydrogen-bond acceptors (Lipinski definition) is 9. The molecule has 124 valence electrons. The maximum Gasteiger partial charge on any atom is 0.305 e. The second-order valence-corrected chi connectivity index (χ2v) is 4.13. The summed E-state index contributed by atoms with van der Waals surface area (Å²) >= 11 is 5.58. The van der Waals surface area contributed by atoms with E-state index in [0.717, 1.165) is 0 Å². The van der Waals surface area contributed by atoms with Crippen molar-refractivity contribution in [3.05, 3.63) is 57.6 Å². The number of anilines is 1. The summed E-state index contributed by atoms with van der Waals surface area (Å²) in [7, 11) is 0. The summed E-state index contributed by atoms with van der Waals surface area (Å²) in [6.45, 7) is -1.50. The Kier molecular flexibility index (Phi) is 5.50. The van der Waals surface area contributed by atoms with Crippen LogP contribution in [0, 0.1) is 40.5 Å². The maximum atomic E-state index is 11.0. The molecule has 0 aliphatic heterocycles. The molecule has 14 nitrogen and oxygen atoms in total. The van der Waals surface area contributed by atoms with Gasteiger partial charge in [0, 0.05) is 6.07 Å². The average molecular weight is 352 g/mol. The van der Waals surface area contributed by atoms with Gasteiger partial charge < -0.3 is 4.84 Å². The highest BCUT2D eigenvalue weighted by Crippen LogP contribution is 2.37. The van der Waals surface area contributed by atoms with Gasteiger partial charge in [-0.3, -0.25) is 20.2 Å². The van der Waals surface area contributed by atoms with E-state index in [1.54, 1.807) is 0 Å². The summed E-state index contributed by atoms with van der Waals surface area (Å²) in [5.74, 6) is 0. The van der Waals surface area contributed by atoms with Gasteiger partial charge in [0.05, 0.1) is 15.9 Å². The van der Waals surface area contributed by atoms with Gasteiger partial charge in [0.15, 0.2) is 10.7 Å². The molecule has 0 spiro atoms. The minimum Gasteiger partial charge on any atom is -0.312 e. The lowest BCUT2D eigenvalue weighted by atomic mass is 10.2. The Balaban J connectivity index is 3.32. The molecular formula is C8H6ClN5O9. The Bertz CT molecular complexity index is 680. The van der Waals surface area contributed by atoms with Crippen LogP contribution in [0.15, 0.2) is 12.1 Å². The number of hydrogen-bond donors (Lipinski definition) is 0. The fourth-order valence-electron chi connectivity index (χ4n) is 1.53. The third-order valence-corrected chi connectivity index (χ3v) is 2.72. The van der Waals surface area contributed by atoms with Gasteiger partial charge in [-0.1, -0.05) is 16.6 Å². The molecule has 0 heterocycles. The smallest absolute Gasteiger partial charge is 0.305 e. The highest BCUT2D eigenvalue weighted by Gasteiger charge is 2.32. The van der Waals surface area contributed by atoms with E-state index >= 15 is 0 Å².